The lowest BCUT2D eigenvalue weighted by Gasteiger charge is -2.22. The fraction of sp³-hybridized carbons (Fsp3) is 0.615. The summed E-state index contributed by atoms with van der Waals surface area (Å²) in [5.41, 5.74) is 0. The van der Waals surface area contributed by atoms with Gasteiger partial charge in [-0.1, -0.05) is 32.1 Å². The van der Waals surface area contributed by atoms with Crippen molar-refractivity contribution in [2.24, 2.45) is 0 Å². The van der Waals surface area contributed by atoms with E-state index in [2.05, 4.69) is 42.2 Å². The zero-order valence-electron chi connectivity index (χ0n) is 9.88. The number of nitrogens with zero attached hydrogens (tertiary/aromatic N) is 1. The molecule has 1 aromatic heterocycles. The Labute approximate surface area is 120 Å². The summed E-state index contributed by atoms with van der Waals surface area (Å²) in [6.07, 6.45) is 11.2. The van der Waals surface area contributed by atoms with Gasteiger partial charge in [-0.15, -0.1) is 0 Å². The number of hydrogen-bond acceptors (Lipinski definition) is 2. The third-order valence-corrected chi connectivity index (χ3v) is 4.29. The van der Waals surface area contributed by atoms with Crippen LogP contribution in [-0.4, -0.2) is 11.0 Å². The molecule has 1 saturated carbocycles. The van der Waals surface area contributed by atoms with Gasteiger partial charge in [-0.3, -0.25) is 0 Å². The second kappa shape index (κ2) is 6.74. The van der Waals surface area contributed by atoms with Crippen LogP contribution in [0.25, 0.3) is 0 Å². The van der Waals surface area contributed by atoms with Crippen LogP contribution in [0.4, 0.5) is 5.82 Å². The van der Waals surface area contributed by atoms with Gasteiger partial charge in [0.25, 0.3) is 0 Å². The van der Waals surface area contributed by atoms with Gasteiger partial charge < -0.3 is 5.32 Å². The van der Waals surface area contributed by atoms with Gasteiger partial charge in [0.2, 0.25) is 0 Å². The van der Waals surface area contributed by atoms with Gasteiger partial charge in [0.1, 0.15) is 5.82 Å². The maximum absolute atomic E-state index is 4.42. The molecule has 0 saturated heterocycles. The number of hydrogen-bond donors (Lipinski definition) is 1. The lowest BCUT2D eigenvalue weighted by atomic mass is 9.97. The Morgan fingerprint density at radius 3 is 2.35 bits per heavy atom. The Hall–Kier alpha value is -0.0900. The lowest BCUT2D eigenvalue weighted by Crippen LogP contribution is -2.21. The summed E-state index contributed by atoms with van der Waals surface area (Å²) in [5.74, 6) is 0.971. The monoisotopic (exact) mass is 360 g/mol. The maximum Gasteiger partial charge on any atom is 0.140 e. The van der Waals surface area contributed by atoms with Crippen LogP contribution in [0.15, 0.2) is 21.2 Å². The topological polar surface area (TPSA) is 24.9 Å². The third kappa shape index (κ3) is 4.25. The highest BCUT2D eigenvalue weighted by atomic mass is 79.9. The fourth-order valence-electron chi connectivity index (χ4n) is 2.31. The van der Waals surface area contributed by atoms with Crippen molar-refractivity contribution >= 4 is 37.7 Å². The number of nitrogens with one attached hydrogen (secondary N) is 1. The first kappa shape index (κ1) is 13.3. The quantitative estimate of drug-likeness (QED) is 0.789. The summed E-state index contributed by atoms with van der Waals surface area (Å²) in [7, 11) is 0. The molecule has 0 radical (unpaired) electrons. The van der Waals surface area contributed by atoms with Crippen molar-refractivity contribution in [1.82, 2.24) is 4.98 Å². The van der Waals surface area contributed by atoms with Crippen LogP contribution in [0, 0.1) is 0 Å². The SMILES string of the molecule is Brc1cnc(NC2CCCCCCC2)c(Br)c1. The summed E-state index contributed by atoms with van der Waals surface area (Å²) in [6.45, 7) is 0. The van der Waals surface area contributed by atoms with Crippen LogP contribution < -0.4 is 5.32 Å². The molecule has 0 unspecified atom stereocenters. The Bertz CT molecular complexity index is 360. The first-order valence-corrected chi connectivity index (χ1v) is 7.92. The number of anilines is 1. The van der Waals surface area contributed by atoms with Crippen LogP contribution in [0.1, 0.15) is 44.9 Å². The Morgan fingerprint density at radius 1 is 1.06 bits per heavy atom. The van der Waals surface area contributed by atoms with E-state index < -0.39 is 0 Å². The van der Waals surface area contributed by atoms with Gasteiger partial charge in [-0.05, 0) is 50.8 Å². The molecule has 1 aliphatic rings. The van der Waals surface area contributed by atoms with Crippen molar-refractivity contribution in [2.75, 3.05) is 5.32 Å². The number of halogens is 2. The zero-order chi connectivity index (χ0) is 12.1. The third-order valence-electron chi connectivity index (χ3n) is 3.25. The second-order valence-corrected chi connectivity index (χ2v) is 6.44. The van der Waals surface area contributed by atoms with Gasteiger partial charge in [0.05, 0.1) is 4.47 Å². The molecule has 4 heteroatoms. The molecule has 0 spiro atoms. The Balaban J connectivity index is 1.98. The van der Waals surface area contributed by atoms with E-state index in [1.165, 1.54) is 44.9 Å². The average Bonchev–Trinajstić information content (AvgIpc) is 2.25. The number of aromatic nitrogens is 1. The molecule has 1 aromatic rings. The highest BCUT2D eigenvalue weighted by molar-refractivity contribution is 9.11. The van der Waals surface area contributed by atoms with Gasteiger partial charge >= 0.3 is 0 Å². The van der Waals surface area contributed by atoms with E-state index in [1.807, 2.05) is 12.3 Å². The highest BCUT2D eigenvalue weighted by Crippen LogP contribution is 2.26. The molecule has 0 atom stereocenters. The van der Waals surface area contributed by atoms with Gasteiger partial charge in [-0.2, -0.15) is 0 Å². The van der Waals surface area contributed by atoms with Crippen molar-refractivity contribution in [2.45, 2.75) is 51.0 Å². The summed E-state index contributed by atoms with van der Waals surface area (Å²) in [4.78, 5) is 4.42. The van der Waals surface area contributed by atoms with E-state index >= 15 is 0 Å². The van der Waals surface area contributed by atoms with Crippen molar-refractivity contribution in [3.63, 3.8) is 0 Å². The summed E-state index contributed by atoms with van der Waals surface area (Å²) >= 11 is 6.98. The lowest BCUT2D eigenvalue weighted by molar-refractivity contribution is 0.470. The summed E-state index contributed by atoms with van der Waals surface area (Å²) < 4.78 is 2.04. The van der Waals surface area contributed by atoms with E-state index in [4.69, 9.17) is 0 Å². The Kier molecular flexibility index (Phi) is 5.29. The first-order valence-electron chi connectivity index (χ1n) is 6.33. The van der Waals surface area contributed by atoms with E-state index in [0.717, 1.165) is 14.8 Å². The molecular formula is C13H18Br2N2. The average molecular weight is 362 g/mol. The number of pyridine rings is 1. The molecule has 2 nitrogen and oxygen atoms in total. The minimum Gasteiger partial charge on any atom is -0.366 e. The van der Waals surface area contributed by atoms with Crippen LogP contribution in [0.3, 0.4) is 0 Å². The van der Waals surface area contributed by atoms with Crippen molar-refractivity contribution in [3.8, 4) is 0 Å². The van der Waals surface area contributed by atoms with Crippen LogP contribution in [-0.2, 0) is 0 Å². The molecule has 0 bridgehead atoms. The van der Waals surface area contributed by atoms with Gasteiger partial charge in [-0.25, -0.2) is 4.98 Å². The first-order chi connectivity index (χ1) is 8.25. The number of rotatable bonds is 2. The molecule has 0 aliphatic heterocycles. The molecule has 1 aliphatic carbocycles. The van der Waals surface area contributed by atoms with E-state index in [9.17, 15) is 0 Å². The second-order valence-electron chi connectivity index (χ2n) is 4.67. The molecule has 1 N–H and O–H groups in total. The molecule has 94 valence electrons. The van der Waals surface area contributed by atoms with Gasteiger partial charge in [0, 0.05) is 16.7 Å². The van der Waals surface area contributed by atoms with E-state index in [0.29, 0.717) is 6.04 Å². The molecule has 0 aromatic carbocycles. The van der Waals surface area contributed by atoms with Crippen LogP contribution >= 0.6 is 31.9 Å². The summed E-state index contributed by atoms with van der Waals surface area (Å²) in [5, 5.41) is 3.57. The fourth-order valence-corrected chi connectivity index (χ4v) is 3.42. The molecular weight excluding hydrogens is 344 g/mol. The van der Waals surface area contributed by atoms with Crippen molar-refractivity contribution < 1.29 is 0 Å². The smallest absolute Gasteiger partial charge is 0.140 e. The van der Waals surface area contributed by atoms with Crippen LogP contribution in [0.2, 0.25) is 0 Å². The normalized spacial score (nSPS) is 18.5. The highest BCUT2D eigenvalue weighted by Gasteiger charge is 2.13. The molecule has 0 amide bonds. The summed E-state index contributed by atoms with van der Waals surface area (Å²) in [6, 6.07) is 2.62. The predicted octanol–water partition coefficient (Wildman–Crippen LogP) is 5.13. The molecule has 17 heavy (non-hydrogen) atoms. The van der Waals surface area contributed by atoms with Gasteiger partial charge in [0.15, 0.2) is 0 Å². The van der Waals surface area contributed by atoms with E-state index in [1.54, 1.807) is 0 Å². The van der Waals surface area contributed by atoms with E-state index in [-0.39, 0.29) is 0 Å². The molecule has 2 rings (SSSR count). The molecule has 1 heterocycles. The minimum absolute atomic E-state index is 0.584. The molecule has 1 fully saturated rings. The van der Waals surface area contributed by atoms with Crippen molar-refractivity contribution in [3.05, 3.63) is 21.2 Å². The van der Waals surface area contributed by atoms with Crippen molar-refractivity contribution in [1.29, 1.82) is 0 Å². The predicted molar refractivity (Wildman–Crippen MR) is 79.4 cm³/mol. The standard InChI is InChI=1S/C13H18Br2N2/c14-10-8-12(15)13(16-9-10)17-11-6-4-2-1-3-5-7-11/h8-9,11H,1-7H2,(H,16,17). The Morgan fingerprint density at radius 2 is 1.71 bits per heavy atom. The minimum atomic E-state index is 0.584. The maximum atomic E-state index is 4.42. The van der Waals surface area contributed by atoms with Crippen LogP contribution in [0.5, 0.6) is 0 Å². The largest absolute Gasteiger partial charge is 0.366 e. The zero-order valence-corrected chi connectivity index (χ0v) is 13.1.